The highest BCUT2D eigenvalue weighted by molar-refractivity contribution is 6.01. The largest absolute Gasteiger partial charge is 0.416 e. The smallest absolute Gasteiger partial charge is 0.323 e. The van der Waals surface area contributed by atoms with Gasteiger partial charge in [0.1, 0.15) is 5.82 Å². The van der Waals surface area contributed by atoms with Crippen LogP contribution >= 0.6 is 0 Å². The molecule has 1 N–H and O–H groups in total. The first-order chi connectivity index (χ1) is 10.3. The Morgan fingerprint density at radius 3 is 2.36 bits per heavy atom. The summed E-state index contributed by atoms with van der Waals surface area (Å²) in [5.41, 5.74) is -0.141. The third-order valence-corrected chi connectivity index (χ3v) is 2.75. The van der Waals surface area contributed by atoms with Gasteiger partial charge in [-0.3, -0.25) is 4.79 Å². The molecule has 0 heterocycles. The predicted molar refractivity (Wildman–Crippen MR) is 75.5 cm³/mol. The van der Waals surface area contributed by atoms with E-state index in [9.17, 15) is 22.4 Å². The molecular weight excluding hydrogens is 298 g/mol. The van der Waals surface area contributed by atoms with Gasteiger partial charge >= 0.3 is 6.18 Å². The van der Waals surface area contributed by atoms with Crippen molar-refractivity contribution in [3.05, 3.63) is 71.6 Å². The summed E-state index contributed by atoms with van der Waals surface area (Å²) in [7, 11) is 0. The molecule has 2 nitrogen and oxygen atoms in total. The number of hydrogen-bond acceptors (Lipinski definition) is 1. The topological polar surface area (TPSA) is 29.1 Å². The summed E-state index contributed by atoms with van der Waals surface area (Å²) in [6, 6.07) is 9.75. The molecule has 0 spiro atoms. The first-order valence-corrected chi connectivity index (χ1v) is 6.26. The molecule has 0 aliphatic rings. The van der Waals surface area contributed by atoms with E-state index in [1.165, 1.54) is 42.5 Å². The van der Waals surface area contributed by atoms with Gasteiger partial charge in [-0.25, -0.2) is 4.39 Å². The maximum Gasteiger partial charge on any atom is 0.416 e. The average Bonchev–Trinajstić information content (AvgIpc) is 2.47. The quantitative estimate of drug-likeness (QED) is 0.656. The standard InChI is InChI=1S/C16H11F4NO/c17-13-5-7-14(8-6-13)21-15(22)9-4-11-2-1-3-12(10-11)16(18,19)20/h1-10H,(H,21,22)/b9-4-. The molecule has 0 aromatic heterocycles. The fourth-order valence-corrected chi connectivity index (χ4v) is 1.71. The third kappa shape index (κ3) is 4.44. The van der Waals surface area contributed by atoms with Crippen LogP contribution in [-0.4, -0.2) is 5.91 Å². The number of alkyl halides is 3. The van der Waals surface area contributed by atoms with E-state index in [4.69, 9.17) is 0 Å². The number of amides is 1. The monoisotopic (exact) mass is 309 g/mol. The number of carbonyl (C=O) groups is 1. The summed E-state index contributed by atoms with van der Waals surface area (Å²) >= 11 is 0. The van der Waals surface area contributed by atoms with Crippen molar-refractivity contribution < 1.29 is 22.4 Å². The summed E-state index contributed by atoms with van der Waals surface area (Å²) in [4.78, 5) is 11.6. The van der Waals surface area contributed by atoms with Crippen LogP contribution in [0.25, 0.3) is 6.08 Å². The van der Waals surface area contributed by atoms with Gasteiger partial charge in [0.05, 0.1) is 5.56 Å². The summed E-state index contributed by atoms with van der Waals surface area (Å²) in [6.07, 6.45) is -2.05. The van der Waals surface area contributed by atoms with E-state index in [0.717, 1.165) is 18.2 Å². The van der Waals surface area contributed by atoms with Crippen molar-refractivity contribution >= 4 is 17.7 Å². The molecule has 0 saturated heterocycles. The molecule has 2 aromatic rings. The molecule has 0 bridgehead atoms. The zero-order valence-corrected chi connectivity index (χ0v) is 11.2. The van der Waals surface area contributed by atoms with Gasteiger partial charge < -0.3 is 5.32 Å². The summed E-state index contributed by atoms with van der Waals surface area (Å²) < 4.78 is 50.4. The molecule has 114 valence electrons. The van der Waals surface area contributed by atoms with Crippen LogP contribution in [0.2, 0.25) is 0 Å². The second-order valence-corrected chi connectivity index (χ2v) is 4.45. The van der Waals surface area contributed by atoms with Gasteiger partial charge in [0.2, 0.25) is 5.91 Å². The Labute approximate surface area is 124 Å². The molecule has 0 unspecified atom stereocenters. The lowest BCUT2D eigenvalue weighted by Gasteiger charge is -2.06. The highest BCUT2D eigenvalue weighted by Gasteiger charge is 2.30. The van der Waals surface area contributed by atoms with Crippen molar-refractivity contribution in [3.8, 4) is 0 Å². The van der Waals surface area contributed by atoms with E-state index in [1.807, 2.05) is 0 Å². The van der Waals surface area contributed by atoms with Crippen LogP contribution in [0, 0.1) is 5.82 Å². The minimum atomic E-state index is -4.43. The van der Waals surface area contributed by atoms with Crippen LogP contribution in [0.1, 0.15) is 11.1 Å². The van der Waals surface area contributed by atoms with Gasteiger partial charge in [-0.2, -0.15) is 13.2 Å². The van der Waals surface area contributed by atoms with Crippen LogP contribution in [-0.2, 0) is 11.0 Å². The molecule has 1 amide bonds. The second kappa shape index (κ2) is 6.43. The second-order valence-electron chi connectivity index (χ2n) is 4.45. The Balaban J connectivity index is 2.05. The molecule has 2 aromatic carbocycles. The highest BCUT2D eigenvalue weighted by Crippen LogP contribution is 2.29. The predicted octanol–water partition coefficient (Wildman–Crippen LogP) is 4.50. The van der Waals surface area contributed by atoms with E-state index in [1.54, 1.807) is 0 Å². The van der Waals surface area contributed by atoms with Gasteiger partial charge in [-0.15, -0.1) is 0 Å². The van der Waals surface area contributed by atoms with Gasteiger partial charge in [-0.05, 0) is 48.0 Å². The number of carbonyl (C=O) groups excluding carboxylic acids is 1. The van der Waals surface area contributed by atoms with Crippen LogP contribution in [0.3, 0.4) is 0 Å². The molecule has 0 radical (unpaired) electrons. The lowest BCUT2D eigenvalue weighted by atomic mass is 10.1. The number of rotatable bonds is 3. The maximum absolute atomic E-state index is 12.7. The van der Waals surface area contributed by atoms with E-state index < -0.39 is 23.5 Å². The molecule has 22 heavy (non-hydrogen) atoms. The Kier molecular flexibility index (Phi) is 4.60. The Morgan fingerprint density at radius 2 is 1.73 bits per heavy atom. The van der Waals surface area contributed by atoms with Crippen LogP contribution < -0.4 is 5.32 Å². The van der Waals surface area contributed by atoms with Crippen LogP contribution in [0.5, 0.6) is 0 Å². The van der Waals surface area contributed by atoms with E-state index in [2.05, 4.69) is 5.32 Å². The average molecular weight is 309 g/mol. The van der Waals surface area contributed by atoms with Crippen LogP contribution in [0.15, 0.2) is 54.6 Å². The van der Waals surface area contributed by atoms with Crippen molar-refractivity contribution in [3.63, 3.8) is 0 Å². The molecule has 0 aliphatic heterocycles. The van der Waals surface area contributed by atoms with E-state index in [0.29, 0.717) is 5.69 Å². The summed E-state index contributed by atoms with van der Waals surface area (Å²) in [5, 5.41) is 2.47. The molecule has 0 aliphatic carbocycles. The SMILES string of the molecule is O=C(/C=C\c1cccc(C(F)(F)F)c1)Nc1ccc(F)cc1. The number of halogens is 4. The first kappa shape index (κ1) is 15.8. The Hall–Kier alpha value is -2.63. The van der Waals surface area contributed by atoms with Crippen molar-refractivity contribution in [2.24, 2.45) is 0 Å². The number of nitrogens with one attached hydrogen (secondary N) is 1. The molecule has 6 heteroatoms. The zero-order chi connectivity index (χ0) is 16.2. The minimum absolute atomic E-state index is 0.254. The molecule has 2 rings (SSSR count). The lowest BCUT2D eigenvalue weighted by Crippen LogP contribution is -2.07. The van der Waals surface area contributed by atoms with Crippen molar-refractivity contribution in [2.75, 3.05) is 5.32 Å². The number of hydrogen-bond donors (Lipinski definition) is 1. The van der Waals surface area contributed by atoms with E-state index in [-0.39, 0.29) is 5.56 Å². The van der Waals surface area contributed by atoms with Gasteiger partial charge in [0.25, 0.3) is 0 Å². The Morgan fingerprint density at radius 1 is 1.05 bits per heavy atom. The van der Waals surface area contributed by atoms with Gasteiger partial charge in [-0.1, -0.05) is 12.1 Å². The normalized spacial score (nSPS) is 11.6. The number of benzene rings is 2. The fraction of sp³-hybridized carbons (Fsp3) is 0.0625. The number of anilines is 1. The first-order valence-electron chi connectivity index (χ1n) is 6.26. The lowest BCUT2D eigenvalue weighted by molar-refractivity contribution is -0.137. The summed E-state index contributed by atoms with van der Waals surface area (Å²) in [5.74, 6) is -0.957. The van der Waals surface area contributed by atoms with Crippen LogP contribution in [0.4, 0.5) is 23.2 Å². The molecule has 0 atom stereocenters. The fourth-order valence-electron chi connectivity index (χ4n) is 1.71. The summed E-state index contributed by atoms with van der Waals surface area (Å²) in [6.45, 7) is 0. The maximum atomic E-state index is 12.7. The van der Waals surface area contributed by atoms with Gasteiger partial charge in [0.15, 0.2) is 0 Å². The molecule has 0 fully saturated rings. The van der Waals surface area contributed by atoms with Gasteiger partial charge in [0, 0.05) is 11.8 Å². The Bertz CT molecular complexity index is 690. The van der Waals surface area contributed by atoms with Crippen molar-refractivity contribution in [1.82, 2.24) is 0 Å². The van der Waals surface area contributed by atoms with Crippen molar-refractivity contribution in [1.29, 1.82) is 0 Å². The van der Waals surface area contributed by atoms with E-state index >= 15 is 0 Å². The molecule has 0 saturated carbocycles. The third-order valence-electron chi connectivity index (χ3n) is 2.75. The zero-order valence-electron chi connectivity index (χ0n) is 11.2. The molecular formula is C16H11F4NO. The minimum Gasteiger partial charge on any atom is -0.323 e. The highest BCUT2D eigenvalue weighted by atomic mass is 19.4. The van der Waals surface area contributed by atoms with Crippen molar-refractivity contribution in [2.45, 2.75) is 6.18 Å².